The van der Waals surface area contributed by atoms with Gasteiger partial charge in [-0.05, 0) is 18.5 Å². The van der Waals surface area contributed by atoms with Crippen molar-refractivity contribution in [2.45, 2.75) is 0 Å². The van der Waals surface area contributed by atoms with Gasteiger partial charge in [0.2, 0.25) is 0 Å². The van der Waals surface area contributed by atoms with Crippen LogP contribution in [0.2, 0.25) is 0 Å². The molecular weight excluding hydrogens is 361 g/mol. The molecule has 98 valence electrons. The van der Waals surface area contributed by atoms with Gasteiger partial charge >= 0.3 is 35.5 Å². The molecule has 0 unspecified atom stereocenters. The Bertz CT molecular complexity index is 454. The standard InChI is InChI=1S/C14H13O2P.Na.Pd.H/c15-14(16)11-17(12-7-3-1-4-8-12)13-9-5-2-6-10-13;;;/h1-10H,11H2,(H,15,16);;;. The van der Waals surface area contributed by atoms with Crippen molar-refractivity contribution in [2.24, 2.45) is 0 Å². The van der Waals surface area contributed by atoms with Crippen LogP contribution in [-0.4, -0.2) is 46.8 Å². The molecule has 0 aliphatic heterocycles. The average Bonchev–Trinajstić information content (AvgIpc) is 2.38. The van der Waals surface area contributed by atoms with Gasteiger partial charge in [0.15, 0.2) is 0 Å². The molecule has 0 radical (unpaired) electrons. The van der Waals surface area contributed by atoms with E-state index in [0.29, 0.717) is 0 Å². The van der Waals surface area contributed by atoms with E-state index in [1.165, 1.54) is 0 Å². The number of carboxylic acids is 1. The van der Waals surface area contributed by atoms with Gasteiger partial charge in [0.25, 0.3) is 0 Å². The molecule has 2 rings (SSSR count). The van der Waals surface area contributed by atoms with Crippen molar-refractivity contribution in [3.8, 4) is 0 Å². The normalized spacial score (nSPS) is 9.32. The van der Waals surface area contributed by atoms with Gasteiger partial charge in [-0.3, -0.25) is 4.79 Å². The van der Waals surface area contributed by atoms with E-state index in [9.17, 15) is 4.79 Å². The topological polar surface area (TPSA) is 37.3 Å². The first kappa shape index (κ1) is 19.0. The third-order valence-electron chi connectivity index (χ3n) is 2.43. The zero-order valence-electron chi connectivity index (χ0n) is 9.60. The second-order valence-corrected chi connectivity index (χ2v) is 5.86. The molecule has 0 aliphatic carbocycles. The van der Waals surface area contributed by atoms with Crippen molar-refractivity contribution >= 4 is 54.1 Å². The summed E-state index contributed by atoms with van der Waals surface area (Å²) in [6.07, 6.45) is 0.184. The van der Waals surface area contributed by atoms with Crippen LogP contribution in [0.5, 0.6) is 0 Å². The van der Waals surface area contributed by atoms with Crippen LogP contribution in [0.1, 0.15) is 0 Å². The average molecular weight is 375 g/mol. The van der Waals surface area contributed by atoms with Crippen LogP contribution in [0.15, 0.2) is 60.7 Å². The first-order valence-electron chi connectivity index (χ1n) is 5.37. The van der Waals surface area contributed by atoms with Gasteiger partial charge in [-0.2, -0.15) is 0 Å². The molecule has 0 saturated heterocycles. The zero-order chi connectivity index (χ0) is 12.1. The second-order valence-electron chi connectivity index (χ2n) is 3.65. The summed E-state index contributed by atoms with van der Waals surface area (Å²) < 4.78 is 0. The van der Waals surface area contributed by atoms with E-state index in [-0.39, 0.29) is 56.1 Å². The Labute approximate surface area is 150 Å². The van der Waals surface area contributed by atoms with E-state index in [4.69, 9.17) is 5.11 Å². The summed E-state index contributed by atoms with van der Waals surface area (Å²) in [5.41, 5.74) is 0. The van der Waals surface area contributed by atoms with E-state index >= 15 is 0 Å². The molecule has 0 aromatic heterocycles. The van der Waals surface area contributed by atoms with Crippen molar-refractivity contribution in [2.75, 3.05) is 6.16 Å². The third-order valence-corrected chi connectivity index (χ3v) is 4.86. The van der Waals surface area contributed by atoms with Crippen molar-refractivity contribution in [3.05, 3.63) is 60.7 Å². The van der Waals surface area contributed by atoms with Gasteiger partial charge < -0.3 is 5.11 Å². The SMILES string of the molecule is O=C(O)CP(c1ccccc1)c1ccccc1.[NaH].[Pd]. The number of carboxylic acid groups (broad SMARTS) is 1. The molecular formula is C14H14NaO2PPd. The predicted octanol–water partition coefficient (Wildman–Crippen LogP) is 1.55. The number of aliphatic carboxylic acids is 1. The van der Waals surface area contributed by atoms with Crippen molar-refractivity contribution in [1.82, 2.24) is 0 Å². The maximum atomic E-state index is 11.0. The summed E-state index contributed by atoms with van der Waals surface area (Å²) in [7, 11) is -0.790. The quantitative estimate of drug-likeness (QED) is 0.651. The van der Waals surface area contributed by atoms with E-state index in [1.54, 1.807) is 0 Å². The Balaban J connectivity index is 0.00000162. The molecule has 2 aromatic rings. The fraction of sp³-hybridized carbons (Fsp3) is 0.0714. The van der Waals surface area contributed by atoms with Crippen LogP contribution in [-0.2, 0) is 25.2 Å². The minimum absolute atomic E-state index is 0. The predicted molar refractivity (Wildman–Crippen MR) is 78.7 cm³/mol. The van der Waals surface area contributed by atoms with Crippen LogP contribution in [0.25, 0.3) is 0 Å². The Morgan fingerprint density at radius 3 is 1.58 bits per heavy atom. The van der Waals surface area contributed by atoms with Crippen LogP contribution >= 0.6 is 7.92 Å². The van der Waals surface area contributed by atoms with Gasteiger partial charge in [-0.15, -0.1) is 0 Å². The van der Waals surface area contributed by atoms with Crippen LogP contribution in [0.4, 0.5) is 0 Å². The van der Waals surface area contributed by atoms with E-state index in [2.05, 4.69) is 0 Å². The molecule has 0 amide bonds. The van der Waals surface area contributed by atoms with Gasteiger partial charge in [-0.1, -0.05) is 60.7 Å². The smallest absolute Gasteiger partial charge is 0 e. The molecule has 2 aromatic carbocycles. The Hall–Kier alpha value is 0.00234. The number of rotatable bonds is 4. The molecule has 5 heteroatoms. The zero-order valence-corrected chi connectivity index (χ0v) is 12.0. The fourth-order valence-corrected chi connectivity index (χ4v) is 3.68. The van der Waals surface area contributed by atoms with E-state index < -0.39 is 13.9 Å². The van der Waals surface area contributed by atoms with Crippen LogP contribution in [0.3, 0.4) is 0 Å². The van der Waals surface area contributed by atoms with E-state index in [0.717, 1.165) is 10.6 Å². The molecule has 0 aliphatic rings. The Morgan fingerprint density at radius 1 is 0.895 bits per heavy atom. The number of carbonyl (C=O) groups is 1. The summed E-state index contributed by atoms with van der Waals surface area (Å²) in [5.74, 6) is -0.746. The molecule has 2 nitrogen and oxygen atoms in total. The Morgan fingerprint density at radius 2 is 1.26 bits per heavy atom. The molecule has 19 heavy (non-hydrogen) atoms. The molecule has 0 heterocycles. The molecule has 0 bridgehead atoms. The second kappa shape index (κ2) is 9.84. The molecule has 1 N–H and O–H groups in total. The van der Waals surface area contributed by atoms with Crippen molar-refractivity contribution in [1.29, 1.82) is 0 Å². The summed E-state index contributed by atoms with van der Waals surface area (Å²) in [4.78, 5) is 11.0. The Kier molecular flexibility index (Phi) is 9.84. The number of hydrogen-bond acceptors (Lipinski definition) is 1. The third kappa shape index (κ3) is 5.88. The maximum Gasteiger partial charge on any atom is 0 e. The summed E-state index contributed by atoms with van der Waals surface area (Å²) in [5, 5.41) is 11.2. The summed E-state index contributed by atoms with van der Waals surface area (Å²) in [6.45, 7) is 0. The first-order valence-corrected chi connectivity index (χ1v) is 6.89. The van der Waals surface area contributed by atoms with Crippen LogP contribution in [0, 0.1) is 0 Å². The van der Waals surface area contributed by atoms with Crippen molar-refractivity contribution in [3.63, 3.8) is 0 Å². The van der Waals surface area contributed by atoms with Gasteiger partial charge in [0.1, 0.15) is 0 Å². The monoisotopic (exact) mass is 374 g/mol. The molecule has 0 fully saturated rings. The molecule has 0 atom stereocenters. The minimum Gasteiger partial charge on any atom is 0 e. The largest absolute Gasteiger partial charge is 0 e. The summed E-state index contributed by atoms with van der Waals surface area (Å²) >= 11 is 0. The fourth-order valence-electron chi connectivity index (χ4n) is 1.68. The van der Waals surface area contributed by atoms with E-state index in [1.807, 2.05) is 60.7 Å². The van der Waals surface area contributed by atoms with Gasteiger partial charge in [0, 0.05) is 20.4 Å². The number of hydrogen-bond donors (Lipinski definition) is 1. The first-order chi connectivity index (χ1) is 8.27. The number of benzene rings is 2. The van der Waals surface area contributed by atoms with Crippen molar-refractivity contribution < 1.29 is 30.3 Å². The minimum atomic E-state index is -0.790. The summed E-state index contributed by atoms with van der Waals surface area (Å²) in [6, 6.07) is 19.7. The molecule has 0 spiro atoms. The molecule has 0 saturated carbocycles. The van der Waals surface area contributed by atoms with Crippen LogP contribution < -0.4 is 10.6 Å². The van der Waals surface area contributed by atoms with Gasteiger partial charge in [0.05, 0.1) is 6.16 Å². The van der Waals surface area contributed by atoms with Gasteiger partial charge in [-0.25, -0.2) is 0 Å². The maximum absolute atomic E-state index is 11.0.